The molecule has 1 N–H and O–H groups in total. The van der Waals surface area contributed by atoms with Gasteiger partial charge in [0.15, 0.2) is 0 Å². The fourth-order valence-electron chi connectivity index (χ4n) is 0.680. The first-order chi connectivity index (χ1) is 3.93. The van der Waals surface area contributed by atoms with Crippen LogP contribution < -0.4 is 5.32 Å². The third-order valence-electron chi connectivity index (χ3n) is 1.24. The fourth-order valence-corrected chi connectivity index (χ4v) is 1.47. The van der Waals surface area contributed by atoms with Crippen LogP contribution in [0.2, 0.25) is 0 Å². The van der Waals surface area contributed by atoms with Crippen LogP contribution in [0.15, 0.2) is 11.0 Å². The Morgan fingerprint density at radius 3 is 3.12 bits per heavy atom. The van der Waals surface area contributed by atoms with Crippen molar-refractivity contribution in [2.24, 2.45) is 0 Å². The lowest BCUT2D eigenvalue weighted by Gasteiger charge is -2.10. The molecule has 0 radical (unpaired) electrons. The highest BCUT2D eigenvalue weighted by molar-refractivity contribution is 8.02. The van der Waals surface area contributed by atoms with E-state index < -0.39 is 0 Å². The highest BCUT2D eigenvalue weighted by Crippen LogP contribution is 2.12. The summed E-state index contributed by atoms with van der Waals surface area (Å²) in [5.41, 5.74) is 1.53. The second-order valence-corrected chi connectivity index (χ2v) is 2.73. The molecule has 0 aromatic rings. The number of rotatable bonds is 1. The van der Waals surface area contributed by atoms with Gasteiger partial charge in [-0.3, -0.25) is 0 Å². The molecule has 46 valence electrons. The van der Waals surface area contributed by atoms with E-state index in [4.69, 9.17) is 0 Å². The van der Waals surface area contributed by atoms with Gasteiger partial charge in [0.25, 0.3) is 0 Å². The molecule has 0 saturated heterocycles. The number of hydrogen-bond acceptors (Lipinski definition) is 2. The second kappa shape index (κ2) is 3.15. The minimum absolute atomic E-state index is 1.09. The summed E-state index contributed by atoms with van der Waals surface area (Å²) >= 11 is 1.85. The standard InChI is InChI=1S/C6H11NS/c1-2-6-3-7-5-8-4-6/h4,7H,2-3,5H2,1H3. The molecule has 8 heavy (non-hydrogen) atoms. The zero-order valence-corrected chi connectivity index (χ0v) is 5.92. The van der Waals surface area contributed by atoms with Crippen LogP contribution in [0.3, 0.4) is 0 Å². The minimum Gasteiger partial charge on any atom is -0.304 e. The van der Waals surface area contributed by atoms with Crippen LogP contribution in [0.25, 0.3) is 0 Å². The van der Waals surface area contributed by atoms with E-state index in [9.17, 15) is 0 Å². The molecule has 0 fully saturated rings. The van der Waals surface area contributed by atoms with Crippen LogP contribution >= 0.6 is 11.8 Å². The molecule has 0 unspecified atom stereocenters. The Kier molecular flexibility index (Phi) is 2.43. The van der Waals surface area contributed by atoms with Crippen LogP contribution in [-0.2, 0) is 0 Å². The Labute approximate surface area is 54.5 Å². The number of hydrogen-bond donors (Lipinski definition) is 1. The normalized spacial score (nSPS) is 20.4. The van der Waals surface area contributed by atoms with Gasteiger partial charge < -0.3 is 5.32 Å². The zero-order valence-electron chi connectivity index (χ0n) is 5.11. The molecule has 0 bridgehead atoms. The molecule has 1 heterocycles. The molecule has 1 aliphatic rings. The summed E-state index contributed by atoms with van der Waals surface area (Å²) < 4.78 is 0. The number of nitrogens with one attached hydrogen (secondary N) is 1. The third kappa shape index (κ3) is 1.53. The van der Waals surface area contributed by atoms with Gasteiger partial charge >= 0.3 is 0 Å². The van der Waals surface area contributed by atoms with Crippen LogP contribution in [0.5, 0.6) is 0 Å². The lowest BCUT2D eigenvalue weighted by molar-refractivity contribution is 0.820. The molecule has 0 amide bonds. The predicted octanol–water partition coefficient (Wildman–Crippen LogP) is 1.57. The van der Waals surface area contributed by atoms with Crippen LogP contribution in [0.4, 0.5) is 0 Å². The first-order valence-electron chi connectivity index (χ1n) is 2.93. The van der Waals surface area contributed by atoms with E-state index in [1.807, 2.05) is 11.8 Å². The Hall–Kier alpha value is 0.0500. The van der Waals surface area contributed by atoms with Crippen molar-refractivity contribution in [3.05, 3.63) is 11.0 Å². The maximum absolute atomic E-state index is 3.28. The van der Waals surface area contributed by atoms with Gasteiger partial charge in [-0.1, -0.05) is 12.5 Å². The van der Waals surface area contributed by atoms with Crippen molar-refractivity contribution in [2.75, 3.05) is 12.4 Å². The summed E-state index contributed by atoms with van der Waals surface area (Å²) in [6.45, 7) is 3.29. The van der Waals surface area contributed by atoms with Crippen molar-refractivity contribution >= 4 is 11.8 Å². The van der Waals surface area contributed by atoms with Crippen molar-refractivity contribution in [1.82, 2.24) is 5.32 Å². The highest BCUT2D eigenvalue weighted by Gasteiger charge is 1.97. The van der Waals surface area contributed by atoms with Gasteiger partial charge in [0.1, 0.15) is 0 Å². The van der Waals surface area contributed by atoms with Gasteiger partial charge in [-0.25, -0.2) is 0 Å². The van der Waals surface area contributed by atoms with Crippen LogP contribution in [0, 0.1) is 0 Å². The Bertz CT molecular complexity index is 98.7. The predicted molar refractivity (Wildman–Crippen MR) is 38.8 cm³/mol. The maximum Gasteiger partial charge on any atom is 0.0462 e. The number of thioether (sulfide) groups is 1. The van der Waals surface area contributed by atoms with Crippen molar-refractivity contribution in [3.63, 3.8) is 0 Å². The van der Waals surface area contributed by atoms with Gasteiger partial charge in [-0.05, 0) is 11.8 Å². The summed E-state index contributed by atoms with van der Waals surface area (Å²) in [7, 11) is 0. The van der Waals surface area contributed by atoms with Crippen molar-refractivity contribution in [1.29, 1.82) is 0 Å². The van der Waals surface area contributed by atoms with Gasteiger partial charge in [-0.15, -0.1) is 11.8 Å². The topological polar surface area (TPSA) is 12.0 Å². The average molecular weight is 129 g/mol. The molecule has 0 atom stereocenters. The van der Waals surface area contributed by atoms with E-state index in [-0.39, 0.29) is 0 Å². The third-order valence-corrected chi connectivity index (χ3v) is 2.11. The van der Waals surface area contributed by atoms with E-state index in [1.165, 1.54) is 12.0 Å². The smallest absolute Gasteiger partial charge is 0.0462 e. The molecule has 0 saturated carbocycles. The Balaban J connectivity index is 2.37. The molecular formula is C6H11NS. The molecule has 2 heteroatoms. The first kappa shape index (κ1) is 6.17. The Morgan fingerprint density at radius 2 is 2.75 bits per heavy atom. The van der Waals surface area contributed by atoms with Gasteiger partial charge in [0.2, 0.25) is 0 Å². The first-order valence-corrected chi connectivity index (χ1v) is 3.98. The average Bonchev–Trinajstić information content (AvgIpc) is 1.90. The SMILES string of the molecule is CCC1=CSCNC1. The van der Waals surface area contributed by atoms with Gasteiger partial charge in [0, 0.05) is 12.4 Å². The van der Waals surface area contributed by atoms with Gasteiger partial charge in [0.05, 0.1) is 0 Å². The van der Waals surface area contributed by atoms with E-state index >= 15 is 0 Å². The molecule has 1 rings (SSSR count). The quantitative estimate of drug-likeness (QED) is 0.577. The summed E-state index contributed by atoms with van der Waals surface area (Å²) in [6, 6.07) is 0. The minimum atomic E-state index is 1.09. The summed E-state index contributed by atoms with van der Waals surface area (Å²) in [4.78, 5) is 0. The van der Waals surface area contributed by atoms with E-state index in [2.05, 4.69) is 17.6 Å². The van der Waals surface area contributed by atoms with Crippen LogP contribution in [0.1, 0.15) is 13.3 Å². The maximum atomic E-state index is 3.28. The molecule has 0 aromatic heterocycles. The molecule has 0 aromatic carbocycles. The molecule has 1 aliphatic heterocycles. The van der Waals surface area contributed by atoms with Crippen molar-refractivity contribution in [3.8, 4) is 0 Å². The van der Waals surface area contributed by atoms with Crippen LogP contribution in [-0.4, -0.2) is 12.4 Å². The zero-order chi connectivity index (χ0) is 5.82. The fraction of sp³-hybridized carbons (Fsp3) is 0.667. The largest absolute Gasteiger partial charge is 0.304 e. The highest BCUT2D eigenvalue weighted by atomic mass is 32.2. The Morgan fingerprint density at radius 1 is 1.88 bits per heavy atom. The monoisotopic (exact) mass is 129 g/mol. The van der Waals surface area contributed by atoms with Crippen molar-refractivity contribution in [2.45, 2.75) is 13.3 Å². The van der Waals surface area contributed by atoms with E-state index in [1.54, 1.807) is 0 Å². The molecular weight excluding hydrogens is 118 g/mol. The summed E-state index contributed by atoms with van der Waals surface area (Å²) in [5.74, 6) is 1.09. The second-order valence-electron chi connectivity index (χ2n) is 1.87. The summed E-state index contributed by atoms with van der Waals surface area (Å²) in [6.07, 6.45) is 1.19. The van der Waals surface area contributed by atoms with Gasteiger partial charge in [-0.2, -0.15) is 0 Å². The lowest BCUT2D eigenvalue weighted by Crippen LogP contribution is -2.18. The molecule has 1 nitrogen and oxygen atoms in total. The lowest BCUT2D eigenvalue weighted by atomic mass is 10.2. The van der Waals surface area contributed by atoms with E-state index in [0.717, 1.165) is 12.4 Å². The molecule has 0 aliphatic carbocycles. The molecule has 0 spiro atoms. The summed E-state index contributed by atoms with van der Waals surface area (Å²) in [5, 5.41) is 5.54. The van der Waals surface area contributed by atoms with Crippen molar-refractivity contribution < 1.29 is 0 Å². The van der Waals surface area contributed by atoms with E-state index in [0.29, 0.717) is 0 Å².